The van der Waals surface area contributed by atoms with Crippen molar-refractivity contribution in [3.05, 3.63) is 52.9 Å². The molecule has 0 bridgehead atoms. The predicted octanol–water partition coefficient (Wildman–Crippen LogP) is 3.80. The van der Waals surface area contributed by atoms with Crippen molar-refractivity contribution in [3.63, 3.8) is 0 Å². The molecule has 2 aromatic rings. The zero-order valence-corrected chi connectivity index (χ0v) is 14.2. The molecule has 5 nitrogen and oxygen atoms in total. The molecular formula is C18H21ClN4O. The van der Waals surface area contributed by atoms with Crippen LogP contribution in [0.3, 0.4) is 0 Å². The first-order valence-electron chi connectivity index (χ1n) is 8.32. The van der Waals surface area contributed by atoms with Crippen molar-refractivity contribution in [2.75, 3.05) is 5.32 Å². The first-order valence-corrected chi connectivity index (χ1v) is 8.70. The highest BCUT2D eigenvalue weighted by Gasteiger charge is 2.15. The molecule has 1 fully saturated rings. The summed E-state index contributed by atoms with van der Waals surface area (Å²) in [5, 5.41) is 6.89. The van der Waals surface area contributed by atoms with Gasteiger partial charge in [0, 0.05) is 23.7 Å². The molecule has 126 valence electrons. The molecule has 1 heterocycles. The lowest BCUT2D eigenvalue weighted by Gasteiger charge is -2.23. The summed E-state index contributed by atoms with van der Waals surface area (Å²) in [5.74, 6) is 0.476. The van der Waals surface area contributed by atoms with Gasteiger partial charge in [-0.2, -0.15) is 0 Å². The molecule has 1 aliphatic carbocycles. The van der Waals surface area contributed by atoms with Crippen LogP contribution in [0.25, 0.3) is 0 Å². The molecule has 0 saturated heterocycles. The van der Waals surface area contributed by atoms with Gasteiger partial charge in [-0.25, -0.2) is 9.97 Å². The van der Waals surface area contributed by atoms with Crippen LogP contribution in [0.5, 0.6) is 0 Å². The van der Waals surface area contributed by atoms with Crippen LogP contribution in [0.1, 0.15) is 48.2 Å². The van der Waals surface area contributed by atoms with E-state index in [9.17, 15) is 4.79 Å². The van der Waals surface area contributed by atoms with E-state index in [2.05, 4.69) is 20.6 Å². The van der Waals surface area contributed by atoms with E-state index in [0.29, 0.717) is 29.1 Å². The standard InChI is InChI=1S/C18H21ClN4O/c19-15-9-5-4-6-13(15)11-20-18(24)16-10-17(22-12-21-16)23-14-7-2-1-3-8-14/h4-6,9-10,12,14H,1-3,7-8,11H2,(H,20,24)(H,21,22,23). The third kappa shape index (κ3) is 4.45. The van der Waals surface area contributed by atoms with Crippen LogP contribution in [0, 0.1) is 0 Å². The minimum Gasteiger partial charge on any atom is -0.367 e. The van der Waals surface area contributed by atoms with Crippen molar-refractivity contribution in [2.45, 2.75) is 44.7 Å². The lowest BCUT2D eigenvalue weighted by atomic mass is 9.95. The van der Waals surface area contributed by atoms with E-state index in [4.69, 9.17) is 11.6 Å². The molecule has 0 radical (unpaired) electrons. The number of nitrogens with one attached hydrogen (secondary N) is 2. The van der Waals surface area contributed by atoms with Gasteiger partial charge < -0.3 is 10.6 Å². The Morgan fingerprint density at radius 3 is 2.75 bits per heavy atom. The topological polar surface area (TPSA) is 66.9 Å². The highest BCUT2D eigenvalue weighted by atomic mass is 35.5. The second-order valence-corrected chi connectivity index (χ2v) is 6.45. The maximum absolute atomic E-state index is 12.3. The molecule has 1 aromatic carbocycles. The van der Waals surface area contributed by atoms with E-state index in [1.807, 2.05) is 18.2 Å². The van der Waals surface area contributed by atoms with Gasteiger partial charge in [-0.1, -0.05) is 49.1 Å². The number of rotatable bonds is 5. The Morgan fingerprint density at radius 1 is 1.17 bits per heavy atom. The summed E-state index contributed by atoms with van der Waals surface area (Å²) in [6.45, 7) is 0.369. The quantitative estimate of drug-likeness (QED) is 0.865. The molecule has 3 rings (SSSR count). The summed E-state index contributed by atoms with van der Waals surface area (Å²) in [6, 6.07) is 9.59. The molecule has 0 atom stereocenters. The summed E-state index contributed by atoms with van der Waals surface area (Å²) < 4.78 is 0. The Kier molecular flexibility index (Phi) is 5.64. The Bertz CT molecular complexity index is 701. The molecule has 0 spiro atoms. The van der Waals surface area contributed by atoms with Gasteiger partial charge in [-0.05, 0) is 24.5 Å². The van der Waals surface area contributed by atoms with Gasteiger partial charge in [-0.3, -0.25) is 4.79 Å². The van der Waals surface area contributed by atoms with Crippen LogP contribution in [0.4, 0.5) is 5.82 Å². The van der Waals surface area contributed by atoms with Crippen LogP contribution >= 0.6 is 11.6 Å². The number of hydrogen-bond donors (Lipinski definition) is 2. The molecule has 1 aliphatic rings. The molecular weight excluding hydrogens is 324 g/mol. The number of halogens is 1. The fourth-order valence-corrected chi connectivity index (χ4v) is 3.13. The van der Waals surface area contributed by atoms with Crippen LogP contribution in [-0.4, -0.2) is 21.9 Å². The number of anilines is 1. The number of nitrogens with zero attached hydrogens (tertiary/aromatic N) is 2. The summed E-state index contributed by atoms with van der Waals surface area (Å²) in [7, 11) is 0. The molecule has 1 aromatic heterocycles. The number of benzene rings is 1. The van der Waals surface area contributed by atoms with Gasteiger partial charge >= 0.3 is 0 Å². The normalized spacial score (nSPS) is 15.0. The van der Waals surface area contributed by atoms with Crippen molar-refractivity contribution in [2.24, 2.45) is 0 Å². The fraction of sp³-hybridized carbons (Fsp3) is 0.389. The van der Waals surface area contributed by atoms with Crippen molar-refractivity contribution < 1.29 is 4.79 Å². The van der Waals surface area contributed by atoms with Gasteiger partial charge in [0.05, 0.1) is 0 Å². The first-order chi connectivity index (χ1) is 11.7. The number of carbonyl (C=O) groups excluding carboxylic acids is 1. The van der Waals surface area contributed by atoms with E-state index in [0.717, 1.165) is 18.4 Å². The average molecular weight is 345 g/mol. The lowest BCUT2D eigenvalue weighted by Crippen LogP contribution is -2.25. The minimum absolute atomic E-state index is 0.232. The molecule has 1 saturated carbocycles. The summed E-state index contributed by atoms with van der Waals surface area (Å²) in [4.78, 5) is 20.6. The van der Waals surface area contributed by atoms with Crippen LogP contribution in [-0.2, 0) is 6.54 Å². The Morgan fingerprint density at radius 2 is 1.96 bits per heavy atom. The van der Waals surface area contributed by atoms with Crippen molar-refractivity contribution in [1.82, 2.24) is 15.3 Å². The van der Waals surface area contributed by atoms with Gasteiger partial charge in [-0.15, -0.1) is 0 Å². The number of amides is 1. The lowest BCUT2D eigenvalue weighted by molar-refractivity contribution is 0.0946. The smallest absolute Gasteiger partial charge is 0.270 e. The number of carbonyl (C=O) groups is 1. The van der Waals surface area contributed by atoms with Gasteiger partial charge in [0.1, 0.15) is 17.8 Å². The summed E-state index contributed by atoms with van der Waals surface area (Å²) in [5.41, 5.74) is 1.23. The predicted molar refractivity (Wildman–Crippen MR) is 95.1 cm³/mol. The largest absolute Gasteiger partial charge is 0.367 e. The molecule has 2 N–H and O–H groups in total. The maximum Gasteiger partial charge on any atom is 0.270 e. The number of aromatic nitrogens is 2. The van der Waals surface area contributed by atoms with Crippen LogP contribution in [0.2, 0.25) is 5.02 Å². The molecule has 1 amide bonds. The second kappa shape index (κ2) is 8.11. The van der Waals surface area contributed by atoms with E-state index < -0.39 is 0 Å². The van der Waals surface area contributed by atoms with Gasteiger partial charge in [0.25, 0.3) is 5.91 Å². The third-order valence-electron chi connectivity index (χ3n) is 4.25. The highest BCUT2D eigenvalue weighted by Crippen LogP contribution is 2.21. The van der Waals surface area contributed by atoms with E-state index in [-0.39, 0.29) is 5.91 Å². The zero-order chi connectivity index (χ0) is 16.8. The SMILES string of the molecule is O=C(NCc1ccccc1Cl)c1cc(NC2CCCCC2)ncn1. The van der Waals surface area contributed by atoms with Crippen LogP contribution in [0.15, 0.2) is 36.7 Å². The molecule has 6 heteroatoms. The number of hydrogen-bond acceptors (Lipinski definition) is 4. The van der Waals surface area contributed by atoms with Crippen LogP contribution < -0.4 is 10.6 Å². The maximum atomic E-state index is 12.3. The van der Waals surface area contributed by atoms with E-state index >= 15 is 0 Å². The third-order valence-corrected chi connectivity index (χ3v) is 4.62. The van der Waals surface area contributed by atoms with Crippen molar-refractivity contribution in [1.29, 1.82) is 0 Å². The highest BCUT2D eigenvalue weighted by molar-refractivity contribution is 6.31. The molecule has 0 unspecified atom stereocenters. The van der Waals surface area contributed by atoms with Crippen molar-refractivity contribution >= 4 is 23.3 Å². The first kappa shape index (κ1) is 16.7. The fourth-order valence-electron chi connectivity index (χ4n) is 2.92. The second-order valence-electron chi connectivity index (χ2n) is 6.04. The summed E-state index contributed by atoms with van der Waals surface area (Å²) >= 11 is 6.10. The van der Waals surface area contributed by atoms with E-state index in [1.54, 1.807) is 12.1 Å². The zero-order valence-electron chi connectivity index (χ0n) is 13.5. The molecule has 24 heavy (non-hydrogen) atoms. The van der Waals surface area contributed by atoms with Crippen molar-refractivity contribution in [3.8, 4) is 0 Å². The Labute approximate surface area is 146 Å². The average Bonchev–Trinajstić information content (AvgIpc) is 2.62. The minimum atomic E-state index is -0.232. The monoisotopic (exact) mass is 344 g/mol. The van der Waals surface area contributed by atoms with Gasteiger partial charge in [0.2, 0.25) is 0 Å². The molecule has 0 aliphatic heterocycles. The Balaban J connectivity index is 1.60. The Hall–Kier alpha value is -2.14. The van der Waals surface area contributed by atoms with E-state index in [1.165, 1.54) is 25.6 Å². The summed E-state index contributed by atoms with van der Waals surface area (Å²) in [6.07, 6.45) is 7.52. The van der Waals surface area contributed by atoms with Gasteiger partial charge in [0.15, 0.2) is 0 Å².